The molecule has 1 rings (SSSR count). The van der Waals surface area contributed by atoms with Gasteiger partial charge in [-0.25, -0.2) is 9.59 Å². The molecule has 0 spiro atoms. The van der Waals surface area contributed by atoms with Crippen LogP contribution in [0.5, 0.6) is 11.5 Å². The van der Waals surface area contributed by atoms with Gasteiger partial charge in [0.2, 0.25) is 0 Å². The lowest BCUT2D eigenvalue weighted by molar-refractivity contribution is -0.134. The zero-order chi connectivity index (χ0) is 16.5. The Morgan fingerprint density at radius 1 is 1.18 bits per heavy atom. The van der Waals surface area contributed by atoms with Crippen LogP contribution in [0.3, 0.4) is 0 Å². The molecule has 0 saturated carbocycles. The van der Waals surface area contributed by atoms with Crippen LogP contribution in [0, 0.1) is 0 Å². The maximum Gasteiger partial charge on any atom is 0.415 e. The van der Waals surface area contributed by atoms with E-state index in [-0.39, 0.29) is 0 Å². The molecule has 0 aromatic heterocycles. The Morgan fingerprint density at radius 2 is 1.86 bits per heavy atom. The fraction of sp³-hybridized carbons (Fsp3) is 0.375. The van der Waals surface area contributed by atoms with E-state index in [1.807, 2.05) is 13.8 Å². The molecule has 1 amide bonds. The normalized spacial score (nSPS) is 10.4. The van der Waals surface area contributed by atoms with Gasteiger partial charge in [0.05, 0.1) is 14.2 Å². The van der Waals surface area contributed by atoms with Crippen LogP contribution < -0.4 is 9.47 Å². The number of rotatable bonds is 6. The van der Waals surface area contributed by atoms with Crippen LogP contribution in [0.2, 0.25) is 0 Å². The second kappa shape index (κ2) is 8.71. The molecule has 0 heterocycles. The molecule has 1 aromatic carbocycles. The maximum absolute atomic E-state index is 12.0. The second-order valence-corrected chi connectivity index (χ2v) is 4.30. The lowest BCUT2D eigenvalue weighted by Crippen LogP contribution is -2.33. The smallest absolute Gasteiger partial charge is 0.415 e. The van der Waals surface area contributed by atoms with E-state index in [0.29, 0.717) is 30.2 Å². The van der Waals surface area contributed by atoms with Crippen LogP contribution in [0.25, 0.3) is 6.08 Å². The first-order valence-corrected chi connectivity index (χ1v) is 6.96. The molecular formula is C16H21NO5. The molecule has 1 aromatic rings. The predicted octanol–water partition coefficient (Wildman–Crippen LogP) is 2.72. The van der Waals surface area contributed by atoms with Crippen molar-refractivity contribution in [2.45, 2.75) is 13.8 Å². The van der Waals surface area contributed by atoms with Crippen molar-refractivity contribution in [3.05, 3.63) is 29.8 Å². The summed E-state index contributed by atoms with van der Waals surface area (Å²) in [6.07, 6.45) is 2.32. The fourth-order valence-electron chi connectivity index (χ4n) is 1.74. The second-order valence-electron chi connectivity index (χ2n) is 4.30. The minimum absolute atomic E-state index is 0.345. The van der Waals surface area contributed by atoms with Gasteiger partial charge in [0.15, 0.2) is 0 Å². The summed E-state index contributed by atoms with van der Waals surface area (Å²) in [5.41, 5.74) is 0.547. The van der Waals surface area contributed by atoms with Crippen LogP contribution in [0.15, 0.2) is 24.3 Å². The van der Waals surface area contributed by atoms with Crippen LogP contribution >= 0.6 is 0 Å². The van der Waals surface area contributed by atoms with E-state index in [9.17, 15) is 9.59 Å². The molecule has 6 heteroatoms. The Morgan fingerprint density at radius 3 is 2.41 bits per heavy atom. The summed E-state index contributed by atoms with van der Waals surface area (Å²) < 4.78 is 15.1. The molecule has 0 fully saturated rings. The van der Waals surface area contributed by atoms with Crippen LogP contribution in [0.1, 0.15) is 19.4 Å². The molecule has 0 aliphatic rings. The number of esters is 1. The molecule has 0 bridgehead atoms. The van der Waals surface area contributed by atoms with Crippen LogP contribution in [-0.4, -0.2) is 44.3 Å². The average molecular weight is 307 g/mol. The Balaban J connectivity index is 3.05. The number of hydrogen-bond donors (Lipinski definition) is 0. The van der Waals surface area contributed by atoms with Crippen LogP contribution in [-0.2, 0) is 9.53 Å². The van der Waals surface area contributed by atoms with Gasteiger partial charge in [-0.3, -0.25) is 0 Å². The van der Waals surface area contributed by atoms with Gasteiger partial charge in [0.25, 0.3) is 0 Å². The van der Waals surface area contributed by atoms with Gasteiger partial charge in [0, 0.05) is 24.7 Å². The largest absolute Gasteiger partial charge is 0.497 e. The highest BCUT2D eigenvalue weighted by molar-refractivity contribution is 5.88. The highest BCUT2D eigenvalue weighted by Gasteiger charge is 2.14. The van der Waals surface area contributed by atoms with Gasteiger partial charge in [-0.05, 0) is 38.1 Å². The van der Waals surface area contributed by atoms with E-state index < -0.39 is 12.1 Å². The number of amides is 1. The summed E-state index contributed by atoms with van der Waals surface area (Å²) in [6.45, 7) is 4.85. The minimum Gasteiger partial charge on any atom is -0.497 e. The van der Waals surface area contributed by atoms with Gasteiger partial charge in [-0.1, -0.05) is 0 Å². The molecule has 0 saturated heterocycles. The number of benzene rings is 1. The molecular weight excluding hydrogens is 286 g/mol. The van der Waals surface area contributed by atoms with Crippen molar-refractivity contribution < 1.29 is 23.8 Å². The highest BCUT2D eigenvalue weighted by Crippen LogP contribution is 2.26. The summed E-state index contributed by atoms with van der Waals surface area (Å²) >= 11 is 0. The first-order valence-electron chi connectivity index (χ1n) is 6.96. The van der Waals surface area contributed by atoms with Crippen molar-refractivity contribution in [2.75, 3.05) is 27.3 Å². The summed E-state index contributed by atoms with van der Waals surface area (Å²) in [4.78, 5) is 24.8. The first kappa shape index (κ1) is 17.6. The third-order valence-corrected chi connectivity index (χ3v) is 3.04. The van der Waals surface area contributed by atoms with E-state index in [2.05, 4.69) is 4.74 Å². The van der Waals surface area contributed by atoms with Gasteiger partial charge in [0.1, 0.15) is 11.5 Å². The summed E-state index contributed by atoms with van der Waals surface area (Å²) in [7, 11) is 2.82. The quantitative estimate of drug-likeness (QED) is 0.597. The molecule has 0 N–H and O–H groups in total. The SMILES string of the molecule is CCN(CC)C(=O)Oc1ccc(OC)cc1/C=C/C(=O)OC. The summed E-state index contributed by atoms with van der Waals surface area (Å²) in [5, 5.41) is 0. The monoisotopic (exact) mass is 307 g/mol. The van der Waals surface area contributed by atoms with Crippen molar-refractivity contribution in [3.63, 3.8) is 0 Å². The number of carbonyl (C=O) groups excluding carboxylic acids is 2. The lowest BCUT2D eigenvalue weighted by atomic mass is 10.1. The number of ether oxygens (including phenoxy) is 3. The number of hydrogen-bond acceptors (Lipinski definition) is 5. The number of nitrogens with zero attached hydrogens (tertiary/aromatic N) is 1. The van der Waals surface area contributed by atoms with Crippen molar-refractivity contribution in [2.24, 2.45) is 0 Å². The topological polar surface area (TPSA) is 65.1 Å². The first-order chi connectivity index (χ1) is 10.5. The molecule has 0 radical (unpaired) electrons. The third kappa shape index (κ3) is 4.80. The molecule has 22 heavy (non-hydrogen) atoms. The average Bonchev–Trinajstić information content (AvgIpc) is 2.54. The summed E-state index contributed by atoms with van der Waals surface area (Å²) in [6, 6.07) is 4.97. The van der Waals surface area contributed by atoms with E-state index in [1.165, 1.54) is 26.4 Å². The van der Waals surface area contributed by atoms with Crippen molar-refractivity contribution in [1.82, 2.24) is 4.90 Å². The molecule has 0 aliphatic carbocycles. The Kier molecular flexibility index (Phi) is 6.95. The standard InChI is InChI=1S/C16H21NO5/c1-5-17(6-2)16(19)22-14-9-8-13(20-3)11-12(14)7-10-15(18)21-4/h7-11H,5-6H2,1-4H3/b10-7+. The fourth-order valence-corrected chi connectivity index (χ4v) is 1.74. The highest BCUT2D eigenvalue weighted by atomic mass is 16.6. The van der Waals surface area contributed by atoms with E-state index in [4.69, 9.17) is 9.47 Å². The van der Waals surface area contributed by atoms with Gasteiger partial charge >= 0.3 is 12.1 Å². The van der Waals surface area contributed by atoms with Crippen LogP contribution in [0.4, 0.5) is 4.79 Å². The zero-order valence-electron chi connectivity index (χ0n) is 13.3. The van der Waals surface area contributed by atoms with E-state index >= 15 is 0 Å². The molecule has 0 unspecified atom stereocenters. The Bertz CT molecular complexity index is 549. The minimum atomic E-state index is -0.496. The molecule has 120 valence electrons. The van der Waals surface area contributed by atoms with Gasteiger partial charge in [-0.2, -0.15) is 0 Å². The van der Waals surface area contributed by atoms with E-state index in [1.54, 1.807) is 23.1 Å². The third-order valence-electron chi connectivity index (χ3n) is 3.04. The lowest BCUT2D eigenvalue weighted by Gasteiger charge is -2.18. The maximum atomic E-state index is 12.0. The van der Waals surface area contributed by atoms with Crippen molar-refractivity contribution >= 4 is 18.1 Å². The van der Waals surface area contributed by atoms with Gasteiger partial charge < -0.3 is 19.1 Å². The predicted molar refractivity (Wildman–Crippen MR) is 83.0 cm³/mol. The Labute approximate surface area is 130 Å². The van der Waals surface area contributed by atoms with Gasteiger partial charge in [-0.15, -0.1) is 0 Å². The zero-order valence-corrected chi connectivity index (χ0v) is 13.3. The van der Waals surface area contributed by atoms with E-state index in [0.717, 1.165) is 0 Å². The molecule has 0 aliphatic heterocycles. The van der Waals surface area contributed by atoms with Crippen molar-refractivity contribution in [3.8, 4) is 11.5 Å². The molecule has 6 nitrogen and oxygen atoms in total. The number of methoxy groups -OCH3 is 2. The number of carbonyl (C=O) groups is 2. The summed E-state index contributed by atoms with van der Waals surface area (Å²) in [5.74, 6) is 0.439. The molecule has 0 atom stereocenters. The van der Waals surface area contributed by atoms with Crippen molar-refractivity contribution in [1.29, 1.82) is 0 Å². The Hall–Kier alpha value is -2.50.